The standard InChI is InChI=1S/C13H14F3N3OS/c1-9-18-10-4-2-3-5-11(10)19(9)7-6-17-12(20)8-21-13(14,15)16/h2-5H,6-8H2,1H3,(H,17,20). The number of halogens is 3. The molecule has 21 heavy (non-hydrogen) atoms. The van der Waals surface area contributed by atoms with Gasteiger partial charge >= 0.3 is 5.51 Å². The maximum Gasteiger partial charge on any atom is 0.442 e. The van der Waals surface area contributed by atoms with Crippen molar-refractivity contribution in [3.8, 4) is 0 Å². The van der Waals surface area contributed by atoms with Crippen molar-refractivity contribution in [1.82, 2.24) is 14.9 Å². The van der Waals surface area contributed by atoms with Gasteiger partial charge in [0.1, 0.15) is 5.82 Å². The molecule has 1 heterocycles. The van der Waals surface area contributed by atoms with Crippen LogP contribution in [0.4, 0.5) is 13.2 Å². The van der Waals surface area contributed by atoms with Crippen molar-refractivity contribution in [2.24, 2.45) is 0 Å². The van der Waals surface area contributed by atoms with Crippen LogP contribution in [0.5, 0.6) is 0 Å². The lowest BCUT2D eigenvalue weighted by Gasteiger charge is -2.09. The van der Waals surface area contributed by atoms with Crippen molar-refractivity contribution >= 4 is 28.7 Å². The molecule has 0 aliphatic rings. The fourth-order valence-corrected chi connectivity index (χ4v) is 2.38. The van der Waals surface area contributed by atoms with E-state index >= 15 is 0 Å². The summed E-state index contributed by atoms with van der Waals surface area (Å²) in [6.07, 6.45) is 0. The normalized spacial score (nSPS) is 11.8. The molecule has 4 nitrogen and oxygen atoms in total. The maximum absolute atomic E-state index is 12.0. The Morgan fingerprint density at radius 1 is 1.38 bits per heavy atom. The molecule has 1 aromatic heterocycles. The first-order chi connectivity index (χ1) is 9.87. The Kier molecular flexibility index (Phi) is 4.76. The van der Waals surface area contributed by atoms with Gasteiger partial charge in [-0.25, -0.2) is 4.98 Å². The van der Waals surface area contributed by atoms with Crippen LogP contribution in [0.2, 0.25) is 0 Å². The minimum absolute atomic E-state index is 0.262. The molecule has 0 saturated carbocycles. The zero-order valence-corrected chi connectivity index (χ0v) is 12.1. The summed E-state index contributed by atoms with van der Waals surface area (Å²) in [6.45, 7) is 2.58. The van der Waals surface area contributed by atoms with Crippen LogP contribution in [-0.4, -0.2) is 33.3 Å². The highest BCUT2D eigenvalue weighted by molar-refractivity contribution is 8.00. The van der Waals surface area contributed by atoms with Gasteiger partial charge in [-0.05, 0) is 30.8 Å². The second kappa shape index (κ2) is 6.38. The van der Waals surface area contributed by atoms with Crippen LogP contribution >= 0.6 is 11.8 Å². The van der Waals surface area contributed by atoms with E-state index in [0.717, 1.165) is 16.9 Å². The van der Waals surface area contributed by atoms with E-state index in [1.54, 1.807) is 0 Å². The summed E-state index contributed by atoms with van der Waals surface area (Å²) in [7, 11) is 0. The number of nitrogens with zero attached hydrogens (tertiary/aromatic N) is 2. The van der Waals surface area contributed by atoms with Crippen molar-refractivity contribution in [2.45, 2.75) is 19.0 Å². The molecule has 0 unspecified atom stereocenters. The van der Waals surface area contributed by atoms with E-state index in [2.05, 4.69) is 10.3 Å². The first kappa shape index (κ1) is 15.7. The average Bonchev–Trinajstić information content (AvgIpc) is 2.72. The van der Waals surface area contributed by atoms with Crippen LogP contribution in [-0.2, 0) is 11.3 Å². The number of imidazole rings is 1. The van der Waals surface area contributed by atoms with E-state index in [9.17, 15) is 18.0 Å². The fourth-order valence-electron chi connectivity index (χ4n) is 1.98. The molecule has 1 N–H and O–H groups in total. The van der Waals surface area contributed by atoms with E-state index < -0.39 is 17.2 Å². The van der Waals surface area contributed by atoms with Gasteiger partial charge in [-0.1, -0.05) is 12.1 Å². The number of aromatic nitrogens is 2. The summed E-state index contributed by atoms with van der Waals surface area (Å²) in [4.78, 5) is 15.7. The van der Waals surface area contributed by atoms with Gasteiger partial charge in [0.2, 0.25) is 5.91 Å². The molecule has 0 atom stereocenters. The number of amides is 1. The Morgan fingerprint density at radius 2 is 2.10 bits per heavy atom. The highest BCUT2D eigenvalue weighted by atomic mass is 32.2. The largest absolute Gasteiger partial charge is 0.442 e. The van der Waals surface area contributed by atoms with Crippen LogP contribution in [0.3, 0.4) is 0 Å². The lowest BCUT2D eigenvalue weighted by Crippen LogP contribution is -2.29. The van der Waals surface area contributed by atoms with Crippen molar-refractivity contribution in [3.05, 3.63) is 30.1 Å². The molecule has 0 bridgehead atoms. The van der Waals surface area contributed by atoms with E-state index in [-0.39, 0.29) is 18.3 Å². The molecule has 8 heteroatoms. The molecule has 0 spiro atoms. The first-order valence-corrected chi connectivity index (χ1v) is 7.24. The first-order valence-electron chi connectivity index (χ1n) is 6.26. The van der Waals surface area contributed by atoms with Gasteiger partial charge in [-0.15, -0.1) is 0 Å². The molecule has 2 rings (SSSR count). The zero-order valence-electron chi connectivity index (χ0n) is 11.3. The molecular formula is C13H14F3N3OS. The van der Waals surface area contributed by atoms with Gasteiger partial charge < -0.3 is 9.88 Å². The number of carbonyl (C=O) groups excluding carboxylic acids is 1. The Morgan fingerprint density at radius 3 is 2.81 bits per heavy atom. The minimum atomic E-state index is -4.38. The lowest BCUT2D eigenvalue weighted by molar-refractivity contribution is -0.118. The smallest absolute Gasteiger partial charge is 0.354 e. The van der Waals surface area contributed by atoms with E-state index in [1.165, 1.54) is 0 Å². The van der Waals surface area contributed by atoms with Crippen molar-refractivity contribution in [3.63, 3.8) is 0 Å². The molecule has 1 aromatic carbocycles. The van der Waals surface area contributed by atoms with Crippen LogP contribution in [0.1, 0.15) is 5.82 Å². The van der Waals surface area contributed by atoms with Crippen LogP contribution in [0.15, 0.2) is 24.3 Å². The van der Waals surface area contributed by atoms with E-state index in [4.69, 9.17) is 0 Å². The Balaban J connectivity index is 1.88. The third kappa shape index (κ3) is 4.38. The SMILES string of the molecule is Cc1nc2ccccc2n1CCNC(=O)CSC(F)(F)F. The highest BCUT2D eigenvalue weighted by Crippen LogP contribution is 2.29. The molecule has 0 aliphatic carbocycles. The van der Waals surface area contributed by atoms with Gasteiger partial charge in [0.15, 0.2) is 0 Å². The van der Waals surface area contributed by atoms with Crippen molar-refractivity contribution in [1.29, 1.82) is 0 Å². The number of fused-ring (bicyclic) bond motifs is 1. The molecule has 0 aliphatic heterocycles. The van der Waals surface area contributed by atoms with Crippen LogP contribution in [0, 0.1) is 6.92 Å². The molecule has 0 saturated heterocycles. The summed E-state index contributed by atoms with van der Waals surface area (Å²) in [5.74, 6) is -0.442. The molecule has 0 radical (unpaired) electrons. The number of thioether (sulfide) groups is 1. The number of hydrogen-bond donors (Lipinski definition) is 1. The predicted octanol–water partition coefficient (Wildman–Crippen LogP) is 2.71. The number of alkyl halides is 3. The number of rotatable bonds is 5. The number of aryl methyl sites for hydroxylation is 1. The maximum atomic E-state index is 12.0. The van der Waals surface area contributed by atoms with Gasteiger partial charge in [0, 0.05) is 13.1 Å². The van der Waals surface area contributed by atoms with Crippen molar-refractivity contribution < 1.29 is 18.0 Å². The molecule has 114 valence electrons. The monoisotopic (exact) mass is 317 g/mol. The summed E-state index contributed by atoms with van der Waals surface area (Å²) < 4.78 is 37.8. The summed E-state index contributed by atoms with van der Waals surface area (Å²) in [5, 5.41) is 2.48. The summed E-state index contributed by atoms with van der Waals surface area (Å²) >= 11 is -0.336. The molecule has 0 fully saturated rings. The lowest BCUT2D eigenvalue weighted by atomic mass is 10.3. The average molecular weight is 317 g/mol. The minimum Gasteiger partial charge on any atom is -0.354 e. The third-order valence-corrected chi connectivity index (χ3v) is 3.60. The molecular weight excluding hydrogens is 303 g/mol. The second-order valence-electron chi connectivity index (χ2n) is 4.38. The van der Waals surface area contributed by atoms with E-state index in [1.807, 2.05) is 35.8 Å². The molecule has 1 amide bonds. The zero-order chi connectivity index (χ0) is 15.5. The van der Waals surface area contributed by atoms with Gasteiger partial charge in [-0.3, -0.25) is 4.79 Å². The number of nitrogens with one attached hydrogen (secondary N) is 1. The number of carbonyl (C=O) groups is 1. The van der Waals surface area contributed by atoms with Crippen molar-refractivity contribution in [2.75, 3.05) is 12.3 Å². The molecule has 2 aromatic rings. The third-order valence-electron chi connectivity index (χ3n) is 2.87. The predicted molar refractivity (Wildman–Crippen MR) is 76.0 cm³/mol. The number of benzene rings is 1. The van der Waals surface area contributed by atoms with Crippen LogP contribution in [0.25, 0.3) is 11.0 Å². The topological polar surface area (TPSA) is 46.9 Å². The Bertz CT molecular complexity index is 639. The Hall–Kier alpha value is -1.70. The summed E-state index contributed by atoms with van der Waals surface area (Å²) in [5.41, 5.74) is -2.59. The Labute approximate surface area is 123 Å². The highest BCUT2D eigenvalue weighted by Gasteiger charge is 2.29. The number of hydrogen-bond acceptors (Lipinski definition) is 3. The van der Waals surface area contributed by atoms with Gasteiger partial charge in [0.05, 0.1) is 16.8 Å². The number of para-hydroxylation sites is 2. The van der Waals surface area contributed by atoms with Gasteiger partial charge in [0.25, 0.3) is 0 Å². The van der Waals surface area contributed by atoms with Gasteiger partial charge in [-0.2, -0.15) is 13.2 Å². The summed E-state index contributed by atoms with van der Waals surface area (Å²) in [6, 6.07) is 7.57. The van der Waals surface area contributed by atoms with E-state index in [0.29, 0.717) is 6.54 Å². The fraction of sp³-hybridized carbons (Fsp3) is 0.385. The second-order valence-corrected chi connectivity index (χ2v) is 5.42. The quantitative estimate of drug-likeness (QED) is 0.922. The van der Waals surface area contributed by atoms with Crippen LogP contribution < -0.4 is 5.32 Å².